The number of benzene rings is 1. The van der Waals surface area contributed by atoms with Crippen molar-refractivity contribution in [3.05, 3.63) is 40.2 Å². The lowest BCUT2D eigenvalue weighted by Crippen LogP contribution is -1.94. The summed E-state index contributed by atoms with van der Waals surface area (Å²) in [4.78, 5) is 14.8. The van der Waals surface area contributed by atoms with Crippen molar-refractivity contribution in [3.63, 3.8) is 0 Å². The van der Waals surface area contributed by atoms with Gasteiger partial charge in [0.25, 0.3) is 0 Å². The Labute approximate surface area is 108 Å². The van der Waals surface area contributed by atoms with Crippen LogP contribution >= 0.6 is 23.1 Å². The summed E-state index contributed by atoms with van der Waals surface area (Å²) in [5.41, 5.74) is 2.94. The fraction of sp³-hybridized carbons (Fsp3) is 0.167. The van der Waals surface area contributed by atoms with Crippen molar-refractivity contribution in [2.45, 2.75) is 5.75 Å². The van der Waals surface area contributed by atoms with Crippen LogP contribution in [0.1, 0.15) is 15.4 Å². The molecule has 2 rings (SSSR count). The van der Waals surface area contributed by atoms with Crippen molar-refractivity contribution in [2.75, 3.05) is 6.26 Å². The van der Waals surface area contributed by atoms with Crippen LogP contribution in [0.3, 0.4) is 0 Å². The molecule has 1 aromatic carbocycles. The van der Waals surface area contributed by atoms with Gasteiger partial charge in [0.2, 0.25) is 5.01 Å². The second kappa shape index (κ2) is 5.33. The zero-order chi connectivity index (χ0) is 12.3. The highest BCUT2D eigenvalue weighted by molar-refractivity contribution is 7.97. The van der Waals surface area contributed by atoms with Crippen LogP contribution in [-0.2, 0) is 5.75 Å². The number of carboxylic acids is 1. The number of rotatable bonds is 4. The van der Waals surface area contributed by atoms with Crippen LogP contribution < -0.4 is 0 Å². The molecule has 5 heteroatoms. The minimum atomic E-state index is -0.972. The summed E-state index contributed by atoms with van der Waals surface area (Å²) in [6, 6.07) is 8.05. The number of thioether (sulfide) groups is 1. The van der Waals surface area contributed by atoms with E-state index in [1.165, 1.54) is 5.56 Å². The summed E-state index contributed by atoms with van der Waals surface area (Å²) in [6.07, 6.45) is 2.06. The summed E-state index contributed by atoms with van der Waals surface area (Å²) >= 11 is 2.93. The summed E-state index contributed by atoms with van der Waals surface area (Å²) in [5.74, 6) is 0.0119. The van der Waals surface area contributed by atoms with E-state index in [0.717, 1.165) is 28.3 Å². The average Bonchev–Trinajstić information content (AvgIpc) is 2.80. The minimum absolute atomic E-state index is 0.133. The van der Waals surface area contributed by atoms with Crippen molar-refractivity contribution in [1.82, 2.24) is 4.98 Å². The molecular formula is C12H11NO2S2. The first-order chi connectivity index (χ1) is 8.20. The topological polar surface area (TPSA) is 50.2 Å². The summed E-state index contributed by atoms with van der Waals surface area (Å²) in [6.45, 7) is 0. The molecule has 1 heterocycles. The summed E-state index contributed by atoms with van der Waals surface area (Å²) < 4.78 is 0. The number of hydrogen-bond acceptors (Lipinski definition) is 4. The van der Waals surface area contributed by atoms with Crippen molar-refractivity contribution in [2.24, 2.45) is 0 Å². The molecule has 0 aliphatic carbocycles. The van der Waals surface area contributed by atoms with Gasteiger partial charge in [-0.3, -0.25) is 0 Å². The third-order valence-corrected chi connectivity index (χ3v) is 3.70. The van der Waals surface area contributed by atoms with Gasteiger partial charge in [0, 0.05) is 16.7 Å². The number of aromatic nitrogens is 1. The lowest BCUT2D eigenvalue weighted by molar-refractivity contribution is 0.0696. The van der Waals surface area contributed by atoms with E-state index in [2.05, 4.69) is 11.2 Å². The number of carbonyl (C=O) groups is 1. The Bertz CT molecular complexity index is 520. The zero-order valence-electron chi connectivity index (χ0n) is 9.21. The highest BCUT2D eigenvalue weighted by atomic mass is 32.2. The second-order valence-corrected chi connectivity index (χ2v) is 5.20. The number of hydrogen-bond donors (Lipinski definition) is 1. The smallest absolute Gasteiger partial charge is 0.365 e. The number of nitrogens with zero attached hydrogens (tertiary/aromatic N) is 1. The van der Waals surface area contributed by atoms with Gasteiger partial charge in [0.15, 0.2) is 0 Å². The molecule has 0 spiro atoms. The van der Waals surface area contributed by atoms with Crippen molar-refractivity contribution in [3.8, 4) is 11.3 Å². The van der Waals surface area contributed by atoms with Crippen LogP contribution in [0.4, 0.5) is 0 Å². The Morgan fingerprint density at radius 2 is 2.12 bits per heavy atom. The number of carboxylic acid groups (broad SMARTS) is 1. The monoisotopic (exact) mass is 265 g/mol. The molecule has 0 fully saturated rings. The van der Waals surface area contributed by atoms with E-state index in [1.807, 2.05) is 24.3 Å². The van der Waals surface area contributed by atoms with Gasteiger partial charge in [-0.1, -0.05) is 24.3 Å². The van der Waals surface area contributed by atoms with Crippen LogP contribution in [0.15, 0.2) is 29.6 Å². The van der Waals surface area contributed by atoms with Gasteiger partial charge in [0.1, 0.15) is 0 Å². The lowest BCUT2D eigenvalue weighted by atomic mass is 10.1. The Kier molecular flexibility index (Phi) is 3.81. The molecule has 0 atom stereocenters. The van der Waals surface area contributed by atoms with Crippen LogP contribution in [0.25, 0.3) is 11.3 Å². The second-order valence-electron chi connectivity index (χ2n) is 3.47. The molecule has 1 aromatic heterocycles. The summed E-state index contributed by atoms with van der Waals surface area (Å²) in [5, 5.41) is 10.7. The molecular weight excluding hydrogens is 254 g/mol. The molecule has 0 saturated carbocycles. The van der Waals surface area contributed by atoms with Crippen LogP contribution in [0, 0.1) is 0 Å². The Hall–Kier alpha value is -1.33. The quantitative estimate of drug-likeness (QED) is 0.920. The standard InChI is InChI=1S/C12H11NO2S2/c1-16-6-8-2-4-9(5-3-8)10-7-17-11(13-10)12(14)15/h2-5,7H,6H2,1H3,(H,14,15). The molecule has 0 saturated heterocycles. The van der Waals surface area contributed by atoms with Gasteiger partial charge in [0.05, 0.1) is 5.69 Å². The number of aromatic carboxylic acids is 1. The first-order valence-electron chi connectivity index (χ1n) is 4.98. The van der Waals surface area contributed by atoms with Crippen LogP contribution in [0.5, 0.6) is 0 Å². The average molecular weight is 265 g/mol. The molecule has 0 unspecified atom stereocenters. The van der Waals surface area contributed by atoms with Gasteiger partial charge in [-0.2, -0.15) is 11.8 Å². The molecule has 0 amide bonds. The van der Waals surface area contributed by atoms with Gasteiger partial charge in [-0.05, 0) is 11.8 Å². The van der Waals surface area contributed by atoms with E-state index in [1.54, 1.807) is 17.1 Å². The fourth-order valence-corrected chi connectivity index (χ4v) is 2.63. The van der Waals surface area contributed by atoms with Crippen molar-refractivity contribution >= 4 is 29.1 Å². The largest absolute Gasteiger partial charge is 0.476 e. The molecule has 3 nitrogen and oxygen atoms in total. The molecule has 2 aromatic rings. The fourth-order valence-electron chi connectivity index (χ4n) is 1.44. The maximum Gasteiger partial charge on any atom is 0.365 e. The molecule has 0 bridgehead atoms. The van der Waals surface area contributed by atoms with Gasteiger partial charge in [-0.15, -0.1) is 11.3 Å². The third kappa shape index (κ3) is 2.87. The van der Waals surface area contributed by atoms with Gasteiger partial charge < -0.3 is 5.11 Å². The SMILES string of the molecule is CSCc1ccc(-c2csc(C(=O)O)n2)cc1. The lowest BCUT2D eigenvalue weighted by Gasteiger charge is -2.00. The molecule has 0 aliphatic heterocycles. The van der Waals surface area contributed by atoms with E-state index in [9.17, 15) is 4.79 Å². The van der Waals surface area contributed by atoms with E-state index >= 15 is 0 Å². The maximum atomic E-state index is 10.7. The zero-order valence-corrected chi connectivity index (χ0v) is 10.8. The number of thiazole rings is 1. The third-order valence-electron chi connectivity index (χ3n) is 2.25. The predicted octanol–water partition coefficient (Wildman–Crippen LogP) is 3.37. The van der Waals surface area contributed by atoms with E-state index in [-0.39, 0.29) is 5.01 Å². The minimum Gasteiger partial charge on any atom is -0.476 e. The van der Waals surface area contributed by atoms with E-state index < -0.39 is 5.97 Å². The molecule has 17 heavy (non-hydrogen) atoms. The molecule has 0 aliphatic rings. The predicted molar refractivity (Wildman–Crippen MR) is 71.7 cm³/mol. The normalized spacial score (nSPS) is 10.4. The van der Waals surface area contributed by atoms with Crippen LogP contribution in [0.2, 0.25) is 0 Å². The molecule has 1 N–H and O–H groups in total. The van der Waals surface area contributed by atoms with Crippen molar-refractivity contribution in [1.29, 1.82) is 0 Å². The first kappa shape index (κ1) is 12.1. The van der Waals surface area contributed by atoms with E-state index in [0.29, 0.717) is 0 Å². The Balaban J connectivity index is 2.23. The Morgan fingerprint density at radius 3 is 2.65 bits per heavy atom. The van der Waals surface area contributed by atoms with Crippen molar-refractivity contribution < 1.29 is 9.90 Å². The molecule has 0 radical (unpaired) electrons. The highest BCUT2D eigenvalue weighted by Crippen LogP contribution is 2.23. The highest BCUT2D eigenvalue weighted by Gasteiger charge is 2.09. The first-order valence-corrected chi connectivity index (χ1v) is 7.25. The molecule has 88 valence electrons. The van der Waals surface area contributed by atoms with E-state index in [4.69, 9.17) is 5.11 Å². The summed E-state index contributed by atoms with van der Waals surface area (Å²) in [7, 11) is 0. The Morgan fingerprint density at radius 1 is 1.41 bits per heavy atom. The van der Waals surface area contributed by atoms with Crippen LogP contribution in [-0.4, -0.2) is 22.3 Å². The van der Waals surface area contributed by atoms with Gasteiger partial charge in [-0.25, -0.2) is 9.78 Å². The van der Waals surface area contributed by atoms with Gasteiger partial charge >= 0.3 is 5.97 Å². The maximum absolute atomic E-state index is 10.7.